The lowest BCUT2D eigenvalue weighted by Gasteiger charge is -2.23. The molecule has 7 nitrogen and oxygen atoms in total. The second kappa shape index (κ2) is 8.14. The van der Waals surface area contributed by atoms with Crippen molar-refractivity contribution in [2.24, 2.45) is 11.6 Å². The van der Waals surface area contributed by atoms with Crippen LogP contribution in [0.25, 0.3) is 22.8 Å². The Hall–Kier alpha value is -4.04. The Labute approximate surface area is 172 Å². The maximum atomic E-state index is 14.4. The predicted molar refractivity (Wildman–Crippen MR) is 113 cm³/mol. The van der Waals surface area contributed by atoms with E-state index in [1.165, 1.54) is 6.07 Å². The van der Waals surface area contributed by atoms with Crippen LogP contribution in [0.15, 0.2) is 77.6 Å². The molecule has 0 fully saturated rings. The van der Waals surface area contributed by atoms with Gasteiger partial charge in [0.2, 0.25) is 5.82 Å². The molecule has 150 valence electrons. The molecule has 2 aromatic carbocycles. The minimum Gasteiger partial charge on any atom is -0.392 e. The van der Waals surface area contributed by atoms with E-state index in [4.69, 9.17) is 16.1 Å². The normalized spacial score (nSPS) is 11.8. The van der Waals surface area contributed by atoms with Crippen molar-refractivity contribution in [1.29, 1.82) is 0 Å². The molecule has 2 aromatic heterocycles. The van der Waals surface area contributed by atoms with Gasteiger partial charge in [-0.05, 0) is 36.8 Å². The number of para-hydroxylation sites is 1. The molecule has 0 aliphatic carbocycles. The third-order valence-electron chi connectivity index (χ3n) is 4.60. The van der Waals surface area contributed by atoms with Gasteiger partial charge in [-0.2, -0.15) is 4.98 Å². The second-order valence-electron chi connectivity index (χ2n) is 6.56. The van der Waals surface area contributed by atoms with Crippen molar-refractivity contribution in [2.45, 2.75) is 6.92 Å². The molecule has 0 radical (unpaired) electrons. The van der Waals surface area contributed by atoms with Gasteiger partial charge in [-0.15, -0.1) is 0 Å². The number of hydrogen-bond acceptors (Lipinski definition) is 7. The topological polar surface area (TPSA) is 107 Å². The highest BCUT2D eigenvalue weighted by Crippen LogP contribution is 2.30. The number of hydrazine groups is 1. The van der Waals surface area contributed by atoms with Crippen molar-refractivity contribution in [3.05, 3.63) is 95.9 Å². The number of nitrogens with zero attached hydrogens (tertiary/aromatic N) is 4. The summed E-state index contributed by atoms with van der Waals surface area (Å²) in [5.74, 6) is 6.28. The van der Waals surface area contributed by atoms with Gasteiger partial charge in [0.1, 0.15) is 11.5 Å². The summed E-state index contributed by atoms with van der Waals surface area (Å²) in [5, 5.41) is 5.21. The molecule has 0 aliphatic heterocycles. The van der Waals surface area contributed by atoms with E-state index in [9.17, 15) is 4.39 Å². The third kappa shape index (κ3) is 3.63. The Kier molecular flexibility index (Phi) is 5.23. The highest BCUT2D eigenvalue weighted by molar-refractivity contribution is 5.93. The van der Waals surface area contributed by atoms with Gasteiger partial charge in [0.25, 0.3) is 5.89 Å². The van der Waals surface area contributed by atoms with Gasteiger partial charge in [0.05, 0.1) is 11.4 Å². The third-order valence-corrected chi connectivity index (χ3v) is 4.60. The Balaban J connectivity index is 1.84. The van der Waals surface area contributed by atoms with Crippen molar-refractivity contribution in [2.75, 3.05) is 5.01 Å². The molecule has 2 heterocycles. The lowest BCUT2D eigenvalue weighted by Crippen LogP contribution is -2.32. The average Bonchev–Trinajstić information content (AvgIpc) is 3.25. The molecule has 0 spiro atoms. The van der Waals surface area contributed by atoms with Crippen molar-refractivity contribution in [3.8, 4) is 11.4 Å². The minimum absolute atomic E-state index is 0.0758. The van der Waals surface area contributed by atoms with Crippen molar-refractivity contribution in [1.82, 2.24) is 15.1 Å². The van der Waals surface area contributed by atoms with Crippen LogP contribution in [0.5, 0.6) is 0 Å². The molecule has 0 unspecified atom stereocenters. The van der Waals surface area contributed by atoms with E-state index in [0.29, 0.717) is 17.1 Å². The summed E-state index contributed by atoms with van der Waals surface area (Å²) in [6, 6.07) is 17.2. The number of aromatic nitrogens is 3. The summed E-state index contributed by atoms with van der Waals surface area (Å²) < 4.78 is 19.8. The first-order chi connectivity index (χ1) is 14.6. The van der Waals surface area contributed by atoms with Gasteiger partial charge in [-0.3, -0.25) is 9.99 Å². The van der Waals surface area contributed by atoms with E-state index in [2.05, 4.69) is 15.1 Å². The second-order valence-corrected chi connectivity index (χ2v) is 6.56. The minimum atomic E-state index is -0.495. The maximum absolute atomic E-state index is 14.4. The SMILES string of the molecule is Cc1ccccc1-c1noc(/C(N)=C(\c2ccncc2)N(N)c2ccccc2F)n1. The van der Waals surface area contributed by atoms with E-state index in [1.54, 1.807) is 42.7 Å². The number of pyridine rings is 1. The van der Waals surface area contributed by atoms with Gasteiger partial charge in [0.15, 0.2) is 0 Å². The monoisotopic (exact) mass is 402 g/mol. The Morgan fingerprint density at radius 2 is 1.70 bits per heavy atom. The summed E-state index contributed by atoms with van der Waals surface area (Å²) in [6.07, 6.45) is 3.18. The molecule has 0 amide bonds. The van der Waals surface area contributed by atoms with Gasteiger partial charge in [-0.1, -0.05) is 41.6 Å². The first-order valence-corrected chi connectivity index (χ1v) is 9.16. The van der Waals surface area contributed by atoms with Crippen LogP contribution in [0, 0.1) is 12.7 Å². The van der Waals surface area contributed by atoms with E-state index in [-0.39, 0.29) is 17.3 Å². The number of anilines is 1. The fourth-order valence-corrected chi connectivity index (χ4v) is 3.07. The quantitative estimate of drug-likeness (QED) is 0.387. The summed E-state index contributed by atoms with van der Waals surface area (Å²) in [6.45, 7) is 1.95. The van der Waals surface area contributed by atoms with Gasteiger partial charge in [0, 0.05) is 23.5 Å². The Morgan fingerprint density at radius 3 is 2.43 bits per heavy atom. The first kappa shape index (κ1) is 19.3. The highest BCUT2D eigenvalue weighted by atomic mass is 19.1. The molecule has 4 rings (SSSR count). The summed E-state index contributed by atoms with van der Waals surface area (Å²) >= 11 is 0. The van der Waals surface area contributed by atoms with E-state index in [1.807, 2.05) is 31.2 Å². The van der Waals surface area contributed by atoms with Crippen LogP contribution in [-0.2, 0) is 0 Å². The molecule has 30 heavy (non-hydrogen) atoms. The number of hydrogen-bond donors (Lipinski definition) is 2. The Bertz CT molecular complexity index is 1210. The molecule has 0 atom stereocenters. The molecule has 4 N–H and O–H groups in total. The van der Waals surface area contributed by atoms with Crippen LogP contribution in [0.2, 0.25) is 0 Å². The average molecular weight is 402 g/mol. The molecule has 0 saturated carbocycles. The van der Waals surface area contributed by atoms with Crippen molar-refractivity contribution in [3.63, 3.8) is 0 Å². The summed E-state index contributed by atoms with van der Waals surface area (Å²) in [7, 11) is 0. The van der Waals surface area contributed by atoms with Crippen LogP contribution in [0.1, 0.15) is 17.0 Å². The highest BCUT2D eigenvalue weighted by Gasteiger charge is 2.22. The van der Waals surface area contributed by atoms with Gasteiger partial charge in [-0.25, -0.2) is 10.2 Å². The zero-order valence-corrected chi connectivity index (χ0v) is 16.2. The number of aryl methyl sites for hydroxylation is 1. The predicted octanol–water partition coefficient (Wildman–Crippen LogP) is 3.74. The van der Waals surface area contributed by atoms with Crippen molar-refractivity contribution >= 4 is 17.1 Å². The van der Waals surface area contributed by atoms with E-state index >= 15 is 0 Å². The number of nitrogens with two attached hydrogens (primary N) is 2. The Morgan fingerprint density at radius 1 is 1.00 bits per heavy atom. The summed E-state index contributed by atoms with van der Waals surface area (Å²) in [4.78, 5) is 8.45. The lowest BCUT2D eigenvalue weighted by molar-refractivity contribution is 0.408. The smallest absolute Gasteiger partial charge is 0.276 e. The van der Waals surface area contributed by atoms with E-state index in [0.717, 1.165) is 16.1 Å². The van der Waals surface area contributed by atoms with Crippen LogP contribution in [0.3, 0.4) is 0 Å². The zero-order valence-electron chi connectivity index (χ0n) is 16.2. The standard InChI is InChI=1S/C22H19FN6O/c1-14-6-2-3-7-16(14)21-27-22(30-28-21)19(24)20(15-10-12-26-13-11-15)29(25)18-9-5-4-8-17(18)23/h2-13H,24-25H2,1H3/b20-19-. The van der Waals surface area contributed by atoms with Crippen LogP contribution in [0.4, 0.5) is 10.1 Å². The first-order valence-electron chi connectivity index (χ1n) is 9.16. The largest absolute Gasteiger partial charge is 0.392 e. The van der Waals surface area contributed by atoms with Gasteiger partial charge < -0.3 is 10.3 Å². The van der Waals surface area contributed by atoms with Crippen LogP contribution >= 0.6 is 0 Å². The summed E-state index contributed by atoms with van der Waals surface area (Å²) in [5.41, 5.74) is 9.40. The molecule has 0 bridgehead atoms. The lowest BCUT2D eigenvalue weighted by atomic mass is 10.1. The maximum Gasteiger partial charge on any atom is 0.276 e. The molecule has 4 aromatic rings. The molecular weight excluding hydrogens is 383 g/mol. The van der Waals surface area contributed by atoms with E-state index < -0.39 is 5.82 Å². The van der Waals surface area contributed by atoms with Crippen molar-refractivity contribution < 1.29 is 8.91 Å². The molecule has 0 saturated heterocycles. The molecular formula is C22H19FN6O. The fraction of sp³-hybridized carbons (Fsp3) is 0.0455. The number of benzene rings is 2. The molecule has 0 aliphatic rings. The fourth-order valence-electron chi connectivity index (χ4n) is 3.07. The van der Waals surface area contributed by atoms with Crippen LogP contribution < -0.4 is 16.6 Å². The van der Waals surface area contributed by atoms with Gasteiger partial charge >= 0.3 is 0 Å². The number of halogens is 1. The van der Waals surface area contributed by atoms with Crippen LogP contribution in [-0.4, -0.2) is 15.1 Å². The zero-order chi connectivity index (χ0) is 21.1. The molecule has 8 heteroatoms. The number of rotatable bonds is 5.